The summed E-state index contributed by atoms with van der Waals surface area (Å²) in [5.74, 6) is 0.106. The van der Waals surface area contributed by atoms with Crippen LogP contribution >= 0.6 is 0 Å². The summed E-state index contributed by atoms with van der Waals surface area (Å²) >= 11 is 0. The lowest BCUT2D eigenvalue weighted by molar-refractivity contribution is 0.142. The van der Waals surface area contributed by atoms with E-state index >= 15 is 0 Å². The van der Waals surface area contributed by atoms with Gasteiger partial charge >= 0.3 is 0 Å². The largest absolute Gasteiger partial charge is 0.382 e. The molecule has 0 radical (unpaired) electrons. The second-order valence-electron chi connectivity index (χ2n) is 3.82. The molecule has 1 unspecified atom stereocenters. The minimum Gasteiger partial charge on any atom is -0.382 e. The van der Waals surface area contributed by atoms with Crippen molar-refractivity contribution in [1.82, 2.24) is 0 Å². The van der Waals surface area contributed by atoms with Crippen LogP contribution in [0, 0.1) is 5.82 Å². The highest BCUT2D eigenvalue weighted by Gasteiger charge is 2.09. The Morgan fingerprint density at radius 3 is 2.56 bits per heavy atom. The van der Waals surface area contributed by atoms with Crippen molar-refractivity contribution in [3.8, 4) is 0 Å². The van der Waals surface area contributed by atoms with Gasteiger partial charge in [-0.2, -0.15) is 0 Å². The van der Waals surface area contributed by atoms with Gasteiger partial charge in [0, 0.05) is 13.2 Å². The van der Waals surface area contributed by atoms with E-state index in [2.05, 4.69) is 0 Å². The first-order valence-corrected chi connectivity index (χ1v) is 5.81. The van der Waals surface area contributed by atoms with Gasteiger partial charge in [0.1, 0.15) is 5.82 Å². The molecule has 90 valence electrons. The predicted octanol–water partition coefficient (Wildman–Crippen LogP) is 2.68. The smallest absolute Gasteiger partial charge is 0.123 e. The Morgan fingerprint density at radius 2 is 2.00 bits per heavy atom. The van der Waals surface area contributed by atoms with Gasteiger partial charge in [-0.1, -0.05) is 12.1 Å². The molecule has 0 saturated carbocycles. The highest BCUT2D eigenvalue weighted by atomic mass is 19.1. The fourth-order valence-electron chi connectivity index (χ4n) is 1.73. The van der Waals surface area contributed by atoms with Crippen molar-refractivity contribution in [2.75, 3.05) is 19.8 Å². The van der Waals surface area contributed by atoms with Crippen LogP contribution in [0.4, 0.5) is 4.39 Å². The number of halogens is 1. The molecule has 3 heteroatoms. The average Bonchev–Trinajstić information content (AvgIpc) is 2.31. The van der Waals surface area contributed by atoms with Crippen LogP contribution in [0.25, 0.3) is 0 Å². The Hall–Kier alpha value is -0.930. The maximum absolute atomic E-state index is 12.8. The summed E-state index contributed by atoms with van der Waals surface area (Å²) in [6, 6.07) is 6.60. The number of rotatable bonds is 7. The monoisotopic (exact) mass is 225 g/mol. The summed E-state index contributed by atoms with van der Waals surface area (Å²) in [6.07, 6.45) is 1.98. The number of nitrogens with two attached hydrogens (primary N) is 1. The summed E-state index contributed by atoms with van der Waals surface area (Å²) in [4.78, 5) is 0. The first-order valence-electron chi connectivity index (χ1n) is 5.81. The van der Waals surface area contributed by atoms with E-state index in [-0.39, 0.29) is 5.82 Å². The van der Waals surface area contributed by atoms with Crippen molar-refractivity contribution in [3.63, 3.8) is 0 Å². The molecule has 0 fully saturated rings. The van der Waals surface area contributed by atoms with Gasteiger partial charge in [-0.05, 0) is 49.9 Å². The number of hydrogen-bond donors (Lipinski definition) is 1. The van der Waals surface area contributed by atoms with E-state index in [1.807, 2.05) is 19.1 Å². The molecule has 1 rings (SSSR count). The van der Waals surface area contributed by atoms with Crippen LogP contribution in [0.3, 0.4) is 0 Å². The van der Waals surface area contributed by atoms with Gasteiger partial charge in [0.05, 0.1) is 0 Å². The van der Waals surface area contributed by atoms with Gasteiger partial charge in [-0.25, -0.2) is 4.39 Å². The van der Waals surface area contributed by atoms with Gasteiger partial charge in [-0.3, -0.25) is 0 Å². The maximum atomic E-state index is 12.8. The van der Waals surface area contributed by atoms with Crippen molar-refractivity contribution in [2.45, 2.75) is 25.7 Å². The maximum Gasteiger partial charge on any atom is 0.123 e. The zero-order valence-electron chi connectivity index (χ0n) is 9.79. The second-order valence-corrected chi connectivity index (χ2v) is 3.82. The topological polar surface area (TPSA) is 35.2 Å². The summed E-state index contributed by atoms with van der Waals surface area (Å²) in [5, 5.41) is 0. The van der Waals surface area contributed by atoms with Crippen molar-refractivity contribution < 1.29 is 9.13 Å². The van der Waals surface area contributed by atoms with E-state index in [0.29, 0.717) is 12.5 Å². The fourth-order valence-corrected chi connectivity index (χ4v) is 1.73. The van der Waals surface area contributed by atoms with Crippen LogP contribution < -0.4 is 5.73 Å². The molecule has 0 aromatic heterocycles. The van der Waals surface area contributed by atoms with E-state index in [0.717, 1.165) is 31.6 Å². The van der Waals surface area contributed by atoms with Crippen LogP contribution in [0.2, 0.25) is 0 Å². The molecule has 1 aromatic rings. The van der Waals surface area contributed by atoms with Gasteiger partial charge in [0.2, 0.25) is 0 Å². The molecule has 16 heavy (non-hydrogen) atoms. The van der Waals surface area contributed by atoms with Crippen LogP contribution in [0.15, 0.2) is 24.3 Å². The molecule has 1 atom stereocenters. The van der Waals surface area contributed by atoms with E-state index in [1.54, 1.807) is 0 Å². The van der Waals surface area contributed by atoms with Crippen LogP contribution in [-0.2, 0) is 4.74 Å². The summed E-state index contributed by atoms with van der Waals surface area (Å²) in [7, 11) is 0. The third-order valence-corrected chi connectivity index (χ3v) is 2.67. The van der Waals surface area contributed by atoms with Gasteiger partial charge in [-0.15, -0.1) is 0 Å². The number of benzene rings is 1. The molecule has 2 nitrogen and oxygen atoms in total. The molecule has 0 amide bonds. The number of hydrogen-bond acceptors (Lipinski definition) is 2. The molecule has 0 spiro atoms. The summed E-state index contributed by atoms with van der Waals surface area (Å²) < 4.78 is 18.0. The lowest BCUT2D eigenvalue weighted by atomic mass is 9.94. The Bertz CT molecular complexity index is 286. The van der Waals surface area contributed by atoms with E-state index in [4.69, 9.17) is 10.5 Å². The first-order chi connectivity index (χ1) is 7.77. The Morgan fingerprint density at radius 1 is 1.31 bits per heavy atom. The normalized spacial score (nSPS) is 12.7. The van der Waals surface area contributed by atoms with E-state index in [1.165, 1.54) is 12.1 Å². The second kappa shape index (κ2) is 7.36. The minimum atomic E-state index is -0.200. The number of ether oxygens (including phenoxy) is 1. The molecule has 0 bridgehead atoms. The van der Waals surface area contributed by atoms with Crippen molar-refractivity contribution >= 4 is 0 Å². The van der Waals surface area contributed by atoms with Crippen molar-refractivity contribution in [2.24, 2.45) is 5.73 Å². The van der Waals surface area contributed by atoms with Crippen LogP contribution in [-0.4, -0.2) is 19.8 Å². The van der Waals surface area contributed by atoms with Crippen LogP contribution in [0.5, 0.6) is 0 Å². The molecule has 0 heterocycles. The van der Waals surface area contributed by atoms with Crippen LogP contribution in [0.1, 0.15) is 31.2 Å². The van der Waals surface area contributed by atoms with Gasteiger partial charge < -0.3 is 10.5 Å². The minimum absolute atomic E-state index is 0.200. The molecule has 0 aliphatic carbocycles. The molecular weight excluding hydrogens is 205 g/mol. The molecule has 1 aromatic carbocycles. The summed E-state index contributed by atoms with van der Waals surface area (Å²) in [5.41, 5.74) is 6.83. The third-order valence-electron chi connectivity index (χ3n) is 2.67. The predicted molar refractivity (Wildman–Crippen MR) is 63.9 cm³/mol. The lowest BCUT2D eigenvalue weighted by Crippen LogP contribution is -2.13. The lowest BCUT2D eigenvalue weighted by Gasteiger charge is -2.14. The van der Waals surface area contributed by atoms with Crippen molar-refractivity contribution in [3.05, 3.63) is 35.6 Å². The zero-order chi connectivity index (χ0) is 11.8. The highest BCUT2D eigenvalue weighted by molar-refractivity contribution is 5.20. The van der Waals surface area contributed by atoms with Crippen molar-refractivity contribution in [1.29, 1.82) is 0 Å². The Balaban J connectivity index is 2.44. The Kier molecular flexibility index (Phi) is 6.04. The highest BCUT2D eigenvalue weighted by Crippen LogP contribution is 2.20. The Labute approximate surface area is 96.6 Å². The average molecular weight is 225 g/mol. The molecule has 0 aliphatic rings. The molecule has 0 saturated heterocycles. The van der Waals surface area contributed by atoms with Gasteiger partial charge in [0.15, 0.2) is 0 Å². The SMILES string of the molecule is CCOCCCC(CN)c1ccc(F)cc1. The summed E-state index contributed by atoms with van der Waals surface area (Å²) in [6.45, 7) is 4.11. The zero-order valence-corrected chi connectivity index (χ0v) is 9.79. The first kappa shape index (κ1) is 13.1. The molecule has 2 N–H and O–H groups in total. The van der Waals surface area contributed by atoms with E-state index < -0.39 is 0 Å². The quantitative estimate of drug-likeness (QED) is 0.724. The fraction of sp³-hybridized carbons (Fsp3) is 0.538. The van der Waals surface area contributed by atoms with E-state index in [9.17, 15) is 4.39 Å². The third kappa shape index (κ3) is 4.29. The standard InChI is InChI=1S/C13H20FNO/c1-2-16-9-3-4-12(10-15)11-5-7-13(14)8-6-11/h5-8,12H,2-4,9-10,15H2,1H3. The molecule has 0 aliphatic heterocycles. The molecular formula is C13H20FNO. The van der Waals surface area contributed by atoms with Gasteiger partial charge in [0.25, 0.3) is 0 Å².